The number of phenolic OH excluding ortho intramolecular Hbond substituents is 1. The van der Waals surface area contributed by atoms with Gasteiger partial charge < -0.3 is 10.0 Å². The van der Waals surface area contributed by atoms with Crippen molar-refractivity contribution < 1.29 is 9.90 Å². The van der Waals surface area contributed by atoms with Crippen molar-refractivity contribution >= 4 is 6.08 Å². The standard InChI is InChI=1S/C14H18N2O2/c1-16(2)8-5-11-3-4-13(18)12(9-11)14(6-7-14)15-10-17/h3-4,9,18H,5-8H2,1-2H3. The molecule has 0 spiro atoms. The van der Waals surface area contributed by atoms with Gasteiger partial charge in [0.25, 0.3) is 0 Å². The Labute approximate surface area is 107 Å². The Morgan fingerprint density at radius 1 is 1.44 bits per heavy atom. The van der Waals surface area contributed by atoms with Crippen molar-refractivity contribution in [2.24, 2.45) is 4.99 Å². The molecule has 18 heavy (non-hydrogen) atoms. The third-order valence-electron chi connectivity index (χ3n) is 3.39. The maximum atomic E-state index is 10.5. The maximum absolute atomic E-state index is 10.5. The van der Waals surface area contributed by atoms with Gasteiger partial charge in [0, 0.05) is 12.1 Å². The minimum atomic E-state index is -0.500. The largest absolute Gasteiger partial charge is 0.508 e. The van der Waals surface area contributed by atoms with Gasteiger partial charge in [0.05, 0.1) is 0 Å². The minimum absolute atomic E-state index is 0.222. The number of aromatic hydroxyl groups is 1. The lowest BCUT2D eigenvalue weighted by molar-refractivity contribution is 0.413. The van der Waals surface area contributed by atoms with Crippen LogP contribution in [0.1, 0.15) is 24.0 Å². The summed E-state index contributed by atoms with van der Waals surface area (Å²) in [6.07, 6.45) is 4.16. The molecular formula is C14H18N2O2. The van der Waals surface area contributed by atoms with Crippen LogP contribution in [0.5, 0.6) is 5.75 Å². The van der Waals surface area contributed by atoms with Gasteiger partial charge in [-0.3, -0.25) is 0 Å². The summed E-state index contributed by atoms with van der Waals surface area (Å²) in [6.45, 7) is 0.953. The van der Waals surface area contributed by atoms with E-state index in [1.54, 1.807) is 12.1 Å². The quantitative estimate of drug-likeness (QED) is 0.637. The Hall–Kier alpha value is -1.64. The van der Waals surface area contributed by atoms with Gasteiger partial charge in [-0.2, -0.15) is 4.99 Å². The van der Waals surface area contributed by atoms with Crippen LogP contribution in [0.25, 0.3) is 0 Å². The van der Waals surface area contributed by atoms with Crippen LogP contribution in [0.2, 0.25) is 0 Å². The predicted octanol–water partition coefficient (Wildman–Crippen LogP) is 1.82. The van der Waals surface area contributed by atoms with E-state index in [0.717, 1.165) is 36.9 Å². The molecule has 0 aliphatic heterocycles. The SMILES string of the molecule is CN(C)CCc1ccc(O)c(C2(N=C=O)CC2)c1. The zero-order valence-corrected chi connectivity index (χ0v) is 10.8. The zero-order valence-electron chi connectivity index (χ0n) is 10.8. The predicted molar refractivity (Wildman–Crippen MR) is 69.4 cm³/mol. The summed E-state index contributed by atoms with van der Waals surface area (Å²) in [6, 6.07) is 5.58. The van der Waals surface area contributed by atoms with Gasteiger partial charge in [0.1, 0.15) is 11.3 Å². The molecule has 1 aliphatic carbocycles. The number of likely N-dealkylation sites (N-methyl/N-ethyl adjacent to an activating group) is 1. The fourth-order valence-electron chi connectivity index (χ4n) is 2.11. The van der Waals surface area contributed by atoms with Crippen LogP contribution in [0.4, 0.5) is 0 Å². The van der Waals surface area contributed by atoms with E-state index in [1.807, 2.05) is 26.2 Å². The highest BCUT2D eigenvalue weighted by Gasteiger charge is 2.46. The van der Waals surface area contributed by atoms with E-state index in [1.165, 1.54) is 0 Å². The molecule has 1 aromatic carbocycles. The Kier molecular flexibility index (Phi) is 3.50. The zero-order chi connectivity index (χ0) is 13.2. The molecule has 1 N–H and O–H groups in total. The Bertz CT molecular complexity index is 487. The highest BCUT2D eigenvalue weighted by atomic mass is 16.3. The smallest absolute Gasteiger partial charge is 0.235 e. The molecule has 4 heteroatoms. The third kappa shape index (κ3) is 2.61. The van der Waals surface area contributed by atoms with Crippen LogP contribution in [0, 0.1) is 0 Å². The number of hydrogen-bond donors (Lipinski definition) is 1. The molecule has 1 fully saturated rings. The molecule has 0 heterocycles. The fourth-order valence-corrected chi connectivity index (χ4v) is 2.11. The topological polar surface area (TPSA) is 52.9 Å². The third-order valence-corrected chi connectivity index (χ3v) is 3.39. The van der Waals surface area contributed by atoms with E-state index >= 15 is 0 Å². The first-order valence-corrected chi connectivity index (χ1v) is 6.13. The summed E-state index contributed by atoms with van der Waals surface area (Å²) in [5.41, 5.74) is 1.42. The molecule has 0 bridgehead atoms. The number of rotatable bonds is 5. The minimum Gasteiger partial charge on any atom is -0.508 e. The summed E-state index contributed by atoms with van der Waals surface area (Å²) in [5, 5.41) is 9.91. The van der Waals surface area contributed by atoms with Crippen LogP contribution in [-0.2, 0) is 16.8 Å². The normalized spacial score (nSPS) is 16.4. The molecule has 0 amide bonds. The van der Waals surface area contributed by atoms with E-state index in [9.17, 15) is 9.90 Å². The summed E-state index contributed by atoms with van der Waals surface area (Å²) >= 11 is 0. The monoisotopic (exact) mass is 246 g/mol. The van der Waals surface area contributed by atoms with Crippen molar-refractivity contribution in [1.29, 1.82) is 0 Å². The number of aliphatic imine (C=N–C) groups is 1. The van der Waals surface area contributed by atoms with Crippen LogP contribution in [-0.4, -0.2) is 36.7 Å². The molecule has 1 aromatic rings. The van der Waals surface area contributed by atoms with Gasteiger partial charge in [-0.1, -0.05) is 6.07 Å². The van der Waals surface area contributed by atoms with Crippen LogP contribution >= 0.6 is 0 Å². The van der Waals surface area contributed by atoms with Crippen molar-refractivity contribution in [2.45, 2.75) is 24.8 Å². The summed E-state index contributed by atoms with van der Waals surface area (Å²) < 4.78 is 0. The van der Waals surface area contributed by atoms with Crippen LogP contribution < -0.4 is 0 Å². The average Bonchev–Trinajstić information content (AvgIpc) is 3.09. The lowest BCUT2D eigenvalue weighted by atomic mass is 10.00. The first-order chi connectivity index (χ1) is 8.57. The summed E-state index contributed by atoms with van der Waals surface area (Å²) in [7, 11) is 4.06. The first kappa shape index (κ1) is 12.8. The van der Waals surface area contributed by atoms with E-state index in [0.29, 0.717) is 0 Å². The van der Waals surface area contributed by atoms with Gasteiger partial charge in [-0.25, -0.2) is 4.79 Å². The van der Waals surface area contributed by atoms with E-state index in [2.05, 4.69) is 9.89 Å². The van der Waals surface area contributed by atoms with Crippen molar-refractivity contribution in [3.63, 3.8) is 0 Å². The lowest BCUT2D eigenvalue weighted by Gasteiger charge is -2.14. The van der Waals surface area contributed by atoms with E-state index < -0.39 is 5.54 Å². The number of phenols is 1. The number of nitrogens with zero attached hydrogens (tertiary/aromatic N) is 2. The molecule has 1 aliphatic rings. The van der Waals surface area contributed by atoms with Gasteiger partial charge in [0.2, 0.25) is 6.08 Å². The molecule has 4 nitrogen and oxygen atoms in total. The molecule has 0 unspecified atom stereocenters. The average molecular weight is 246 g/mol. The molecule has 0 saturated heterocycles. The lowest BCUT2D eigenvalue weighted by Crippen LogP contribution is -2.15. The number of hydrogen-bond acceptors (Lipinski definition) is 4. The molecule has 1 saturated carbocycles. The molecular weight excluding hydrogens is 228 g/mol. The van der Waals surface area contributed by atoms with E-state index in [-0.39, 0.29) is 5.75 Å². The molecule has 2 rings (SSSR count). The van der Waals surface area contributed by atoms with Gasteiger partial charge >= 0.3 is 0 Å². The second-order valence-electron chi connectivity index (χ2n) is 5.14. The Morgan fingerprint density at radius 3 is 2.72 bits per heavy atom. The summed E-state index contributed by atoms with van der Waals surface area (Å²) in [4.78, 5) is 16.4. The second-order valence-corrected chi connectivity index (χ2v) is 5.14. The van der Waals surface area contributed by atoms with Crippen molar-refractivity contribution in [1.82, 2.24) is 4.90 Å². The van der Waals surface area contributed by atoms with Crippen LogP contribution in [0.3, 0.4) is 0 Å². The maximum Gasteiger partial charge on any atom is 0.235 e. The van der Waals surface area contributed by atoms with E-state index in [4.69, 9.17) is 0 Å². The van der Waals surface area contributed by atoms with Crippen LogP contribution in [0.15, 0.2) is 23.2 Å². The summed E-state index contributed by atoms with van der Waals surface area (Å²) in [5.74, 6) is 0.222. The molecule has 0 atom stereocenters. The van der Waals surface area contributed by atoms with Gasteiger partial charge in [0.15, 0.2) is 0 Å². The van der Waals surface area contributed by atoms with Crippen molar-refractivity contribution in [3.05, 3.63) is 29.3 Å². The van der Waals surface area contributed by atoms with Gasteiger partial charge in [-0.05, 0) is 51.1 Å². The number of benzene rings is 1. The first-order valence-electron chi connectivity index (χ1n) is 6.13. The fraction of sp³-hybridized carbons (Fsp3) is 0.500. The highest BCUT2D eigenvalue weighted by Crippen LogP contribution is 2.52. The van der Waals surface area contributed by atoms with Crippen molar-refractivity contribution in [2.75, 3.05) is 20.6 Å². The molecule has 0 radical (unpaired) electrons. The number of isocyanates is 1. The van der Waals surface area contributed by atoms with Crippen molar-refractivity contribution in [3.8, 4) is 5.75 Å². The second kappa shape index (κ2) is 4.92. The Balaban J connectivity index is 2.25. The Morgan fingerprint density at radius 2 is 2.17 bits per heavy atom. The number of carbonyl (C=O) groups excluding carboxylic acids is 1. The molecule has 0 aromatic heterocycles. The van der Waals surface area contributed by atoms with Gasteiger partial charge in [-0.15, -0.1) is 0 Å². The highest BCUT2D eigenvalue weighted by molar-refractivity contribution is 5.48. The molecule has 96 valence electrons.